The van der Waals surface area contributed by atoms with E-state index in [0.29, 0.717) is 5.92 Å². The summed E-state index contributed by atoms with van der Waals surface area (Å²) in [6.07, 6.45) is 1.32. The third-order valence-corrected chi connectivity index (χ3v) is 2.56. The minimum absolute atomic E-state index is 0.597. The van der Waals surface area contributed by atoms with Crippen LogP contribution in [-0.4, -0.2) is 6.54 Å². The van der Waals surface area contributed by atoms with Crippen LogP contribution in [0.15, 0.2) is 11.1 Å². The SMILES string of the molecule is CC(=C1CC1C)C(C)CN. The lowest BCUT2D eigenvalue weighted by atomic mass is 10.0. The van der Waals surface area contributed by atoms with Gasteiger partial charge < -0.3 is 5.73 Å². The maximum Gasteiger partial charge on any atom is -0.00142 e. The van der Waals surface area contributed by atoms with Crippen LogP contribution in [0.2, 0.25) is 0 Å². The van der Waals surface area contributed by atoms with Crippen molar-refractivity contribution in [2.75, 3.05) is 6.54 Å². The fourth-order valence-corrected chi connectivity index (χ4v) is 1.31. The highest BCUT2D eigenvalue weighted by atomic mass is 14.5. The Labute approximate surface area is 63.3 Å². The van der Waals surface area contributed by atoms with Crippen LogP contribution in [0.1, 0.15) is 27.2 Å². The lowest BCUT2D eigenvalue weighted by molar-refractivity contribution is 0.689. The summed E-state index contributed by atoms with van der Waals surface area (Å²) in [5.41, 5.74) is 8.74. The maximum atomic E-state index is 5.55. The molecule has 1 aliphatic carbocycles. The van der Waals surface area contributed by atoms with Crippen LogP contribution in [0.5, 0.6) is 0 Å². The molecule has 0 aromatic carbocycles. The molecule has 1 fully saturated rings. The topological polar surface area (TPSA) is 26.0 Å². The average Bonchev–Trinajstić information content (AvgIpc) is 2.63. The molecule has 2 atom stereocenters. The molecule has 58 valence electrons. The summed E-state index contributed by atoms with van der Waals surface area (Å²) in [6.45, 7) is 7.49. The molecule has 1 saturated carbocycles. The third kappa shape index (κ3) is 1.40. The van der Waals surface area contributed by atoms with E-state index in [1.165, 1.54) is 12.0 Å². The second-order valence-electron chi connectivity index (χ2n) is 3.45. The highest BCUT2D eigenvalue weighted by Gasteiger charge is 2.27. The molecular weight excluding hydrogens is 122 g/mol. The van der Waals surface area contributed by atoms with Crippen molar-refractivity contribution in [1.82, 2.24) is 0 Å². The number of rotatable bonds is 2. The zero-order valence-corrected chi connectivity index (χ0v) is 7.15. The first-order valence-corrected chi connectivity index (χ1v) is 4.06. The Balaban J connectivity index is 2.56. The number of hydrogen-bond acceptors (Lipinski definition) is 1. The van der Waals surface area contributed by atoms with E-state index in [4.69, 9.17) is 5.73 Å². The van der Waals surface area contributed by atoms with E-state index in [0.717, 1.165) is 12.5 Å². The van der Waals surface area contributed by atoms with E-state index in [1.54, 1.807) is 5.57 Å². The molecule has 0 amide bonds. The van der Waals surface area contributed by atoms with Crippen LogP contribution in [-0.2, 0) is 0 Å². The summed E-state index contributed by atoms with van der Waals surface area (Å²) in [5, 5.41) is 0. The summed E-state index contributed by atoms with van der Waals surface area (Å²) >= 11 is 0. The first-order chi connectivity index (χ1) is 4.66. The molecule has 0 bridgehead atoms. The fraction of sp³-hybridized carbons (Fsp3) is 0.778. The van der Waals surface area contributed by atoms with E-state index in [1.807, 2.05) is 0 Å². The number of nitrogens with two attached hydrogens (primary N) is 1. The molecule has 1 nitrogen and oxygen atoms in total. The number of allylic oxidation sites excluding steroid dienone is 1. The summed E-state index contributed by atoms with van der Waals surface area (Å²) in [5.74, 6) is 1.45. The Morgan fingerprint density at radius 3 is 2.60 bits per heavy atom. The van der Waals surface area contributed by atoms with Gasteiger partial charge in [0.15, 0.2) is 0 Å². The minimum Gasteiger partial charge on any atom is -0.330 e. The second kappa shape index (κ2) is 2.75. The molecule has 0 radical (unpaired) electrons. The van der Waals surface area contributed by atoms with Crippen molar-refractivity contribution in [3.05, 3.63) is 11.1 Å². The van der Waals surface area contributed by atoms with Crippen LogP contribution in [0.4, 0.5) is 0 Å². The van der Waals surface area contributed by atoms with Crippen molar-refractivity contribution in [1.29, 1.82) is 0 Å². The fourth-order valence-electron chi connectivity index (χ4n) is 1.31. The summed E-state index contributed by atoms with van der Waals surface area (Å²) in [6, 6.07) is 0. The van der Waals surface area contributed by atoms with Gasteiger partial charge in [-0.25, -0.2) is 0 Å². The van der Waals surface area contributed by atoms with Gasteiger partial charge in [0.1, 0.15) is 0 Å². The molecule has 0 aromatic heterocycles. The molecule has 2 N–H and O–H groups in total. The van der Waals surface area contributed by atoms with Gasteiger partial charge >= 0.3 is 0 Å². The van der Waals surface area contributed by atoms with Gasteiger partial charge in [-0.1, -0.05) is 25.0 Å². The molecule has 1 heteroatoms. The van der Waals surface area contributed by atoms with Crippen molar-refractivity contribution < 1.29 is 0 Å². The van der Waals surface area contributed by atoms with Gasteiger partial charge in [-0.15, -0.1) is 0 Å². The number of hydrogen-bond donors (Lipinski definition) is 1. The van der Waals surface area contributed by atoms with Gasteiger partial charge in [-0.3, -0.25) is 0 Å². The van der Waals surface area contributed by atoms with Crippen LogP contribution < -0.4 is 5.73 Å². The maximum absolute atomic E-state index is 5.55. The standard InChI is InChI=1S/C9H17N/c1-6-4-9(6)8(3)7(2)5-10/h6-7H,4-5,10H2,1-3H3. The summed E-state index contributed by atoms with van der Waals surface area (Å²) in [7, 11) is 0. The Hall–Kier alpha value is -0.300. The largest absolute Gasteiger partial charge is 0.330 e. The highest BCUT2D eigenvalue weighted by molar-refractivity contribution is 5.29. The minimum atomic E-state index is 0.597. The molecule has 1 aliphatic rings. The lowest BCUT2D eigenvalue weighted by Crippen LogP contribution is -2.11. The van der Waals surface area contributed by atoms with Crippen molar-refractivity contribution in [3.8, 4) is 0 Å². The average molecular weight is 139 g/mol. The van der Waals surface area contributed by atoms with Gasteiger partial charge in [-0.2, -0.15) is 0 Å². The van der Waals surface area contributed by atoms with E-state index in [9.17, 15) is 0 Å². The van der Waals surface area contributed by atoms with Crippen molar-refractivity contribution in [2.24, 2.45) is 17.6 Å². The van der Waals surface area contributed by atoms with Crippen LogP contribution in [0.25, 0.3) is 0 Å². The van der Waals surface area contributed by atoms with Crippen molar-refractivity contribution >= 4 is 0 Å². The van der Waals surface area contributed by atoms with E-state index >= 15 is 0 Å². The Bertz CT molecular complexity index is 158. The first kappa shape index (κ1) is 7.80. The van der Waals surface area contributed by atoms with Crippen LogP contribution in [0.3, 0.4) is 0 Å². The van der Waals surface area contributed by atoms with Crippen LogP contribution in [0, 0.1) is 11.8 Å². The second-order valence-corrected chi connectivity index (χ2v) is 3.45. The Morgan fingerprint density at radius 2 is 2.30 bits per heavy atom. The van der Waals surface area contributed by atoms with Gasteiger partial charge in [0.05, 0.1) is 0 Å². The molecule has 1 rings (SSSR count). The van der Waals surface area contributed by atoms with Gasteiger partial charge in [0.25, 0.3) is 0 Å². The zero-order chi connectivity index (χ0) is 7.72. The highest BCUT2D eigenvalue weighted by Crippen LogP contribution is 2.41. The zero-order valence-electron chi connectivity index (χ0n) is 7.15. The predicted octanol–water partition coefficient (Wildman–Crippen LogP) is 1.94. The third-order valence-electron chi connectivity index (χ3n) is 2.56. The van der Waals surface area contributed by atoms with Gasteiger partial charge in [0, 0.05) is 0 Å². The quantitative estimate of drug-likeness (QED) is 0.581. The Kier molecular flexibility index (Phi) is 2.14. The summed E-state index contributed by atoms with van der Waals surface area (Å²) < 4.78 is 0. The monoisotopic (exact) mass is 139 g/mol. The molecule has 2 unspecified atom stereocenters. The first-order valence-electron chi connectivity index (χ1n) is 4.06. The molecule has 0 spiro atoms. The molecule has 0 aliphatic heterocycles. The molecule has 0 saturated heterocycles. The lowest BCUT2D eigenvalue weighted by Gasteiger charge is -2.07. The molecular formula is C9H17N. The Morgan fingerprint density at radius 1 is 1.80 bits per heavy atom. The normalized spacial score (nSPS) is 31.8. The van der Waals surface area contributed by atoms with E-state index in [2.05, 4.69) is 20.8 Å². The van der Waals surface area contributed by atoms with E-state index in [-0.39, 0.29) is 0 Å². The van der Waals surface area contributed by atoms with Crippen molar-refractivity contribution in [2.45, 2.75) is 27.2 Å². The van der Waals surface area contributed by atoms with Crippen molar-refractivity contribution in [3.63, 3.8) is 0 Å². The smallest absolute Gasteiger partial charge is 0.00142 e. The van der Waals surface area contributed by atoms with Crippen LogP contribution >= 0.6 is 0 Å². The molecule has 0 heterocycles. The predicted molar refractivity (Wildman–Crippen MR) is 44.7 cm³/mol. The molecule has 10 heavy (non-hydrogen) atoms. The molecule has 0 aromatic rings. The van der Waals surface area contributed by atoms with Gasteiger partial charge in [0.2, 0.25) is 0 Å². The van der Waals surface area contributed by atoms with Gasteiger partial charge in [-0.05, 0) is 31.7 Å². The summed E-state index contributed by atoms with van der Waals surface area (Å²) in [4.78, 5) is 0. The van der Waals surface area contributed by atoms with E-state index < -0.39 is 0 Å².